The highest BCUT2D eigenvalue weighted by Crippen LogP contribution is 2.36. The zero-order valence-corrected chi connectivity index (χ0v) is 9.72. The summed E-state index contributed by atoms with van der Waals surface area (Å²) in [6.07, 6.45) is -1.22. The summed E-state index contributed by atoms with van der Waals surface area (Å²) in [7, 11) is 0. The van der Waals surface area contributed by atoms with E-state index in [1.807, 2.05) is 0 Å². The van der Waals surface area contributed by atoms with Gasteiger partial charge in [0.2, 0.25) is 0 Å². The quantitative estimate of drug-likeness (QED) is 0.647. The molecule has 0 radical (unpaired) electrons. The molecule has 0 aliphatic heterocycles. The van der Waals surface area contributed by atoms with Gasteiger partial charge in [-0.3, -0.25) is 4.40 Å². The molecule has 0 unspecified atom stereocenters. The van der Waals surface area contributed by atoms with Crippen molar-refractivity contribution < 1.29 is 13.2 Å². The third-order valence-electron chi connectivity index (χ3n) is 2.93. The van der Waals surface area contributed by atoms with Crippen LogP contribution < -0.4 is 0 Å². The van der Waals surface area contributed by atoms with Crippen LogP contribution in [0.15, 0.2) is 54.9 Å². The third kappa shape index (κ3) is 1.97. The van der Waals surface area contributed by atoms with Crippen molar-refractivity contribution in [2.45, 2.75) is 6.18 Å². The predicted octanol–water partition coefficient (Wildman–Crippen LogP) is 4.02. The van der Waals surface area contributed by atoms with Gasteiger partial charge in [-0.2, -0.15) is 13.2 Å². The lowest BCUT2D eigenvalue weighted by molar-refractivity contribution is -0.137. The van der Waals surface area contributed by atoms with Crippen LogP contribution >= 0.6 is 0 Å². The van der Waals surface area contributed by atoms with Crippen molar-refractivity contribution >= 4 is 5.65 Å². The maximum absolute atomic E-state index is 13.0. The van der Waals surface area contributed by atoms with E-state index in [0.717, 1.165) is 6.07 Å². The fourth-order valence-electron chi connectivity index (χ4n) is 2.09. The summed E-state index contributed by atoms with van der Waals surface area (Å²) in [4.78, 5) is 4.11. The number of benzene rings is 1. The molecule has 0 amide bonds. The van der Waals surface area contributed by atoms with Gasteiger partial charge in [0.15, 0.2) is 0 Å². The number of aromatic nitrogens is 2. The van der Waals surface area contributed by atoms with Crippen LogP contribution in [-0.2, 0) is 6.18 Å². The first kappa shape index (κ1) is 11.8. The van der Waals surface area contributed by atoms with Crippen molar-refractivity contribution in [2.24, 2.45) is 0 Å². The Bertz CT molecular complexity index is 729. The molecule has 1 aromatic carbocycles. The van der Waals surface area contributed by atoms with E-state index < -0.39 is 11.7 Å². The molecule has 0 saturated heterocycles. The highest BCUT2D eigenvalue weighted by Gasteiger charge is 2.33. The molecule has 19 heavy (non-hydrogen) atoms. The third-order valence-corrected chi connectivity index (χ3v) is 2.93. The number of halogens is 3. The fraction of sp³-hybridized carbons (Fsp3) is 0.0714. The first-order chi connectivity index (χ1) is 9.07. The van der Waals surface area contributed by atoms with Crippen LogP contribution in [0, 0.1) is 0 Å². The van der Waals surface area contributed by atoms with E-state index in [1.54, 1.807) is 34.9 Å². The van der Waals surface area contributed by atoms with E-state index in [0.29, 0.717) is 11.3 Å². The number of fused-ring (bicyclic) bond motifs is 1. The highest BCUT2D eigenvalue weighted by molar-refractivity contribution is 5.67. The average Bonchev–Trinajstić information content (AvgIpc) is 2.81. The van der Waals surface area contributed by atoms with Crippen molar-refractivity contribution in [2.75, 3.05) is 0 Å². The van der Waals surface area contributed by atoms with E-state index in [2.05, 4.69) is 4.98 Å². The van der Waals surface area contributed by atoms with Crippen molar-refractivity contribution in [1.29, 1.82) is 0 Å². The Morgan fingerprint density at radius 3 is 2.47 bits per heavy atom. The maximum atomic E-state index is 13.0. The van der Waals surface area contributed by atoms with Crippen LogP contribution in [-0.4, -0.2) is 9.38 Å². The van der Waals surface area contributed by atoms with Gasteiger partial charge in [-0.25, -0.2) is 4.98 Å². The van der Waals surface area contributed by atoms with E-state index in [1.165, 1.54) is 18.3 Å². The summed E-state index contributed by atoms with van der Waals surface area (Å²) < 4.78 is 40.7. The minimum Gasteiger partial charge on any atom is -0.300 e. The number of nitrogens with zero attached hydrogens (tertiary/aromatic N) is 2. The lowest BCUT2D eigenvalue weighted by Gasteiger charge is -2.12. The predicted molar refractivity (Wildman–Crippen MR) is 65.6 cm³/mol. The summed E-state index contributed by atoms with van der Waals surface area (Å²) in [6, 6.07) is 10.8. The number of pyridine rings is 1. The molecule has 0 bridgehead atoms. The monoisotopic (exact) mass is 262 g/mol. The highest BCUT2D eigenvalue weighted by atomic mass is 19.4. The van der Waals surface area contributed by atoms with Gasteiger partial charge in [0.25, 0.3) is 0 Å². The molecule has 0 aliphatic carbocycles. The van der Waals surface area contributed by atoms with Crippen molar-refractivity contribution in [3.63, 3.8) is 0 Å². The number of rotatable bonds is 1. The lowest BCUT2D eigenvalue weighted by atomic mass is 10.0. The minimum atomic E-state index is -4.38. The topological polar surface area (TPSA) is 17.3 Å². The molecule has 2 heterocycles. The Balaban J connectivity index is 2.28. The van der Waals surface area contributed by atoms with Gasteiger partial charge in [0.05, 0.1) is 17.5 Å². The largest absolute Gasteiger partial charge is 0.417 e. The Hall–Kier alpha value is -2.30. The van der Waals surface area contributed by atoms with Crippen LogP contribution in [0.1, 0.15) is 5.56 Å². The second kappa shape index (κ2) is 4.12. The van der Waals surface area contributed by atoms with Gasteiger partial charge in [0.1, 0.15) is 5.65 Å². The lowest BCUT2D eigenvalue weighted by Crippen LogP contribution is -2.07. The van der Waals surface area contributed by atoms with Crippen LogP contribution in [0.2, 0.25) is 0 Å². The van der Waals surface area contributed by atoms with Gasteiger partial charge in [-0.1, -0.05) is 24.3 Å². The van der Waals surface area contributed by atoms with E-state index in [-0.39, 0.29) is 5.56 Å². The van der Waals surface area contributed by atoms with Gasteiger partial charge < -0.3 is 0 Å². The van der Waals surface area contributed by atoms with Crippen LogP contribution in [0.4, 0.5) is 13.2 Å². The normalized spacial score (nSPS) is 11.9. The zero-order chi connectivity index (χ0) is 13.5. The Morgan fingerprint density at radius 2 is 1.68 bits per heavy atom. The molecule has 0 spiro atoms. The molecule has 3 rings (SSSR count). The summed E-state index contributed by atoms with van der Waals surface area (Å²) in [5, 5.41) is 0. The molecule has 0 aliphatic rings. The number of imidazole rings is 1. The van der Waals surface area contributed by atoms with E-state index in [9.17, 15) is 13.2 Å². The number of hydrogen-bond acceptors (Lipinski definition) is 1. The molecular weight excluding hydrogens is 253 g/mol. The van der Waals surface area contributed by atoms with E-state index >= 15 is 0 Å². The van der Waals surface area contributed by atoms with Crippen LogP contribution in [0.3, 0.4) is 0 Å². The fourth-order valence-corrected chi connectivity index (χ4v) is 2.09. The van der Waals surface area contributed by atoms with Gasteiger partial charge >= 0.3 is 6.18 Å². The summed E-state index contributed by atoms with van der Waals surface area (Å²) >= 11 is 0. The Labute approximate surface area is 107 Å². The smallest absolute Gasteiger partial charge is 0.300 e. The Kier molecular flexibility index (Phi) is 2.55. The van der Waals surface area contributed by atoms with Crippen molar-refractivity contribution in [1.82, 2.24) is 9.38 Å². The van der Waals surface area contributed by atoms with Gasteiger partial charge in [-0.05, 0) is 18.2 Å². The average molecular weight is 262 g/mol. The molecule has 96 valence electrons. The summed E-state index contributed by atoms with van der Waals surface area (Å²) in [5.41, 5.74) is 0.535. The summed E-state index contributed by atoms with van der Waals surface area (Å²) in [6.45, 7) is 0. The number of hydrogen-bond donors (Lipinski definition) is 0. The molecule has 3 aromatic rings. The maximum Gasteiger partial charge on any atom is 0.417 e. The first-order valence-electron chi connectivity index (χ1n) is 5.66. The van der Waals surface area contributed by atoms with Gasteiger partial charge in [-0.15, -0.1) is 0 Å². The molecule has 5 heteroatoms. The summed E-state index contributed by atoms with van der Waals surface area (Å²) in [5.74, 6) is 0. The Morgan fingerprint density at radius 1 is 0.947 bits per heavy atom. The van der Waals surface area contributed by atoms with Crippen LogP contribution in [0.5, 0.6) is 0 Å². The molecule has 2 aromatic heterocycles. The standard InChI is InChI=1S/C14H9F3N2/c15-14(16,17)11-6-2-1-5-10(11)12-9-18-13-7-3-4-8-19(12)13/h1-9H. The first-order valence-corrected chi connectivity index (χ1v) is 5.66. The zero-order valence-electron chi connectivity index (χ0n) is 9.72. The molecule has 0 N–H and O–H groups in total. The minimum absolute atomic E-state index is 0.133. The molecule has 0 atom stereocenters. The van der Waals surface area contributed by atoms with Crippen molar-refractivity contribution in [3.8, 4) is 11.3 Å². The van der Waals surface area contributed by atoms with Crippen molar-refractivity contribution in [3.05, 3.63) is 60.4 Å². The SMILES string of the molecule is FC(F)(F)c1ccccc1-c1cnc2ccccn12. The molecule has 2 nitrogen and oxygen atoms in total. The number of alkyl halides is 3. The second-order valence-corrected chi connectivity index (χ2v) is 4.12. The molecular formula is C14H9F3N2. The van der Waals surface area contributed by atoms with Gasteiger partial charge in [0, 0.05) is 11.8 Å². The van der Waals surface area contributed by atoms with Crippen LogP contribution in [0.25, 0.3) is 16.9 Å². The second-order valence-electron chi connectivity index (χ2n) is 4.12. The van der Waals surface area contributed by atoms with E-state index in [4.69, 9.17) is 0 Å². The molecule has 0 fully saturated rings. The molecule has 0 saturated carbocycles.